The lowest BCUT2D eigenvalue weighted by Gasteiger charge is -2.11. The predicted octanol–water partition coefficient (Wildman–Crippen LogP) is 1.28. The summed E-state index contributed by atoms with van der Waals surface area (Å²) in [7, 11) is 3.67. The number of benzene rings is 1. The Balaban J connectivity index is 1.44. The maximum Gasteiger partial charge on any atom is 0.191 e. The van der Waals surface area contributed by atoms with Crippen LogP contribution < -0.4 is 10.6 Å². The van der Waals surface area contributed by atoms with Crippen LogP contribution in [-0.2, 0) is 13.6 Å². The van der Waals surface area contributed by atoms with Gasteiger partial charge in [-0.3, -0.25) is 9.67 Å². The zero-order chi connectivity index (χ0) is 15.4. The van der Waals surface area contributed by atoms with E-state index in [4.69, 9.17) is 0 Å². The Morgan fingerprint density at radius 2 is 2.14 bits per heavy atom. The van der Waals surface area contributed by atoms with Gasteiger partial charge in [0, 0.05) is 20.6 Å². The van der Waals surface area contributed by atoms with E-state index in [0.717, 1.165) is 18.3 Å². The van der Waals surface area contributed by atoms with Crippen LogP contribution in [0.25, 0.3) is 0 Å². The predicted molar refractivity (Wildman–Crippen MR) is 86.5 cm³/mol. The van der Waals surface area contributed by atoms with Crippen LogP contribution in [0.5, 0.6) is 0 Å². The molecule has 2 aromatic rings. The molecule has 1 aliphatic carbocycles. The average Bonchev–Trinajstić information content (AvgIpc) is 3.22. The van der Waals surface area contributed by atoms with Crippen LogP contribution >= 0.6 is 0 Å². The molecule has 1 saturated carbocycles. The molecule has 3 rings (SSSR count). The van der Waals surface area contributed by atoms with Gasteiger partial charge in [0.1, 0.15) is 12.2 Å². The van der Waals surface area contributed by atoms with Crippen molar-refractivity contribution in [3.05, 3.63) is 48.0 Å². The molecule has 0 amide bonds. The summed E-state index contributed by atoms with van der Waals surface area (Å²) < 4.78 is 1.76. The van der Waals surface area contributed by atoms with Crippen LogP contribution in [0.15, 0.2) is 41.7 Å². The van der Waals surface area contributed by atoms with E-state index in [0.29, 0.717) is 18.4 Å². The number of nitrogens with one attached hydrogen (secondary N) is 2. The summed E-state index contributed by atoms with van der Waals surface area (Å²) in [4.78, 5) is 8.44. The molecule has 0 bridgehead atoms. The third-order valence-electron chi connectivity index (χ3n) is 4.12. The van der Waals surface area contributed by atoms with E-state index >= 15 is 0 Å². The summed E-state index contributed by atoms with van der Waals surface area (Å²) in [6.45, 7) is 1.56. The van der Waals surface area contributed by atoms with Gasteiger partial charge in [0.2, 0.25) is 0 Å². The summed E-state index contributed by atoms with van der Waals surface area (Å²) >= 11 is 0. The number of hydrogen-bond acceptors (Lipinski definition) is 3. The Kier molecular flexibility index (Phi) is 4.37. The van der Waals surface area contributed by atoms with E-state index in [-0.39, 0.29) is 0 Å². The third kappa shape index (κ3) is 3.44. The molecule has 0 radical (unpaired) electrons. The van der Waals surface area contributed by atoms with Crippen LogP contribution in [0.2, 0.25) is 0 Å². The van der Waals surface area contributed by atoms with Crippen molar-refractivity contribution >= 4 is 5.96 Å². The summed E-state index contributed by atoms with van der Waals surface area (Å²) in [5, 5.41) is 10.7. The molecule has 0 aliphatic heterocycles. The summed E-state index contributed by atoms with van der Waals surface area (Å²) in [5.74, 6) is 3.07. The van der Waals surface area contributed by atoms with E-state index in [1.807, 2.05) is 7.05 Å². The van der Waals surface area contributed by atoms with E-state index < -0.39 is 0 Å². The molecule has 1 aliphatic rings. The van der Waals surface area contributed by atoms with Crippen LogP contribution in [0.1, 0.15) is 23.7 Å². The topological polar surface area (TPSA) is 67.1 Å². The SMILES string of the molecule is CN=C(NCc1ncnn1C)NCC1CC1c1ccccc1. The number of hydrogen-bond donors (Lipinski definition) is 2. The number of aryl methyl sites for hydroxylation is 1. The van der Waals surface area contributed by atoms with Crippen LogP contribution in [0, 0.1) is 5.92 Å². The van der Waals surface area contributed by atoms with Gasteiger partial charge in [0.25, 0.3) is 0 Å². The fourth-order valence-corrected chi connectivity index (χ4v) is 2.67. The van der Waals surface area contributed by atoms with Gasteiger partial charge >= 0.3 is 0 Å². The highest BCUT2D eigenvalue weighted by Gasteiger charge is 2.37. The number of guanidine groups is 1. The second kappa shape index (κ2) is 6.60. The number of rotatable bonds is 5. The first-order valence-electron chi connectivity index (χ1n) is 7.60. The summed E-state index contributed by atoms with van der Waals surface area (Å²) in [5.41, 5.74) is 1.44. The molecule has 1 heterocycles. The van der Waals surface area contributed by atoms with Gasteiger partial charge in [0.15, 0.2) is 5.96 Å². The lowest BCUT2D eigenvalue weighted by atomic mass is 10.1. The Morgan fingerprint density at radius 3 is 2.82 bits per heavy atom. The average molecular weight is 298 g/mol. The maximum absolute atomic E-state index is 4.25. The Bertz CT molecular complexity index is 633. The van der Waals surface area contributed by atoms with Crippen molar-refractivity contribution in [1.82, 2.24) is 25.4 Å². The van der Waals surface area contributed by atoms with Gasteiger partial charge < -0.3 is 10.6 Å². The van der Waals surface area contributed by atoms with Crippen molar-refractivity contribution in [3.8, 4) is 0 Å². The molecule has 2 N–H and O–H groups in total. The minimum absolute atomic E-state index is 0.614. The van der Waals surface area contributed by atoms with Crippen LogP contribution in [-0.4, -0.2) is 34.3 Å². The molecule has 116 valence electrons. The van der Waals surface area contributed by atoms with Crippen molar-refractivity contribution < 1.29 is 0 Å². The molecular weight excluding hydrogens is 276 g/mol. The molecule has 6 nitrogen and oxygen atoms in total. The van der Waals surface area contributed by atoms with Crippen LogP contribution in [0.4, 0.5) is 0 Å². The van der Waals surface area contributed by atoms with Crippen molar-refractivity contribution in [3.63, 3.8) is 0 Å². The molecule has 1 aromatic heterocycles. The van der Waals surface area contributed by atoms with E-state index in [1.165, 1.54) is 12.0 Å². The highest BCUT2D eigenvalue weighted by Crippen LogP contribution is 2.46. The fraction of sp³-hybridized carbons (Fsp3) is 0.438. The molecule has 2 unspecified atom stereocenters. The molecule has 22 heavy (non-hydrogen) atoms. The molecule has 2 atom stereocenters. The lowest BCUT2D eigenvalue weighted by molar-refractivity contribution is 0.665. The lowest BCUT2D eigenvalue weighted by Crippen LogP contribution is -2.38. The number of aliphatic imine (C=N–C) groups is 1. The Labute approximate surface area is 130 Å². The van der Waals surface area contributed by atoms with E-state index in [1.54, 1.807) is 18.1 Å². The largest absolute Gasteiger partial charge is 0.356 e. The first-order valence-corrected chi connectivity index (χ1v) is 7.60. The molecular formula is C16H22N6. The first-order chi connectivity index (χ1) is 10.8. The molecule has 0 saturated heterocycles. The minimum Gasteiger partial charge on any atom is -0.356 e. The standard InChI is InChI=1S/C16H22N6/c1-17-16(19-10-15-20-11-21-22(15)2)18-9-13-8-14(13)12-6-4-3-5-7-12/h3-7,11,13-14H,8-10H2,1-2H3,(H2,17,18,19). The van der Waals surface area contributed by atoms with Gasteiger partial charge in [0.05, 0.1) is 6.54 Å². The van der Waals surface area contributed by atoms with Crippen LogP contribution in [0.3, 0.4) is 0 Å². The molecule has 1 fully saturated rings. The number of aromatic nitrogens is 3. The monoisotopic (exact) mass is 298 g/mol. The molecule has 0 spiro atoms. The zero-order valence-electron chi connectivity index (χ0n) is 13.0. The first kappa shape index (κ1) is 14.6. The van der Waals surface area contributed by atoms with Gasteiger partial charge in [-0.05, 0) is 23.8 Å². The Morgan fingerprint density at radius 1 is 1.32 bits per heavy atom. The fourth-order valence-electron chi connectivity index (χ4n) is 2.67. The summed E-state index contributed by atoms with van der Waals surface area (Å²) in [6.07, 6.45) is 2.80. The van der Waals surface area contributed by atoms with Crippen molar-refractivity contribution in [2.45, 2.75) is 18.9 Å². The second-order valence-corrected chi connectivity index (χ2v) is 5.62. The quantitative estimate of drug-likeness (QED) is 0.645. The van der Waals surface area contributed by atoms with Gasteiger partial charge in [-0.2, -0.15) is 5.10 Å². The molecule has 6 heteroatoms. The van der Waals surface area contributed by atoms with Crippen molar-refractivity contribution in [2.24, 2.45) is 18.0 Å². The minimum atomic E-state index is 0.614. The van der Waals surface area contributed by atoms with Gasteiger partial charge in [-0.25, -0.2) is 4.98 Å². The third-order valence-corrected chi connectivity index (χ3v) is 4.12. The summed E-state index contributed by atoms with van der Waals surface area (Å²) in [6, 6.07) is 10.7. The smallest absolute Gasteiger partial charge is 0.191 e. The number of nitrogens with zero attached hydrogens (tertiary/aromatic N) is 4. The highest BCUT2D eigenvalue weighted by atomic mass is 15.3. The van der Waals surface area contributed by atoms with E-state index in [2.05, 4.69) is 56.0 Å². The zero-order valence-corrected chi connectivity index (χ0v) is 13.0. The van der Waals surface area contributed by atoms with Gasteiger partial charge in [-0.15, -0.1) is 0 Å². The maximum atomic E-state index is 4.25. The molecule has 1 aromatic carbocycles. The highest BCUT2D eigenvalue weighted by molar-refractivity contribution is 5.79. The Hall–Kier alpha value is -2.37. The van der Waals surface area contributed by atoms with Gasteiger partial charge in [-0.1, -0.05) is 30.3 Å². The second-order valence-electron chi connectivity index (χ2n) is 5.62. The van der Waals surface area contributed by atoms with Crippen molar-refractivity contribution in [1.29, 1.82) is 0 Å². The van der Waals surface area contributed by atoms with E-state index in [9.17, 15) is 0 Å². The van der Waals surface area contributed by atoms with Crippen molar-refractivity contribution in [2.75, 3.05) is 13.6 Å². The normalized spacial score (nSPS) is 20.7.